The summed E-state index contributed by atoms with van der Waals surface area (Å²) < 4.78 is 14.7. The molecule has 3 aromatic carbocycles. The highest BCUT2D eigenvalue weighted by atomic mass is 35.5. The molecule has 1 aliphatic carbocycles. The van der Waals surface area contributed by atoms with E-state index in [2.05, 4.69) is 37.3 Å². The first kappa shape index (κ1) is 24.0. The first-order valence-corrected chi connectivity index (χ1v) is 13.1. The molecule has 2 heteroatoms. The Kier molecular flexibility index (Phi) is 8.62. The fourth-order valence-corrected chi connectivity index (χ4v) is 5.39. The summed E-state index contributed by atoms with van der Waals surface area (Å²) in [5.74, 6) is 1.33. The Hall–Kier alpha value is -2.12. The van der Waals surface area contributed by atoms with Crippen molar-refractivity contribution in [3.05, 3.63) is 94.3 Å². The number of aryl methyl sites for hydroxylation is 2. The second-order valence-electron chi connectivity index (χ2n) is 9.78. The molecule has 0 N–H and O–H groups in total. The summed E-state index contributed by atoms with van der Waals surface area (Å²) in [6, 6.07) is 22.5. The van der Waals surface area contributed by atoms with Crippen LogP contribution in [-0.2, 0) is 12.8 Å². The minimum atomic E-state index is -0.142. The maximum atomic E-state index is 14.7. The van der Waals surface area contributed by atoms with Crippen molar-refractivity contribution in [2.75, 3.05) is 0 Å². The van der Waals surface area contributed by atoms with E-state index < -0.39 is 0 Å². The summed E-state index contributed by atoms with van der Waals surface area (Å²) in [5, 5.41) is 0.671. The maximum Gasteiger partial charge on any atom is 0.131 e. The van der Waals surface area contributed by atoms with Crippen LogP contribution in [0.3, 0.4) is 0 Å². The van der Waals surface area contributed by atoms with Gasteiger partial charge in [-0.3, -0.25) is 0 Å². The van der Waals surface area contributed by atoms with Gasteiger partial charge < -0.3 is 0 Å². The lowest BCUT2D eigenvalue weighted by molar-refractivity contribution is 0.310. The van der Waals surface area contributed by atoms with Gasteiger partial charge in [0, 0.05) is 10.6 Å². The van der Waals surface area contributed by atoms with Gasteiger partial charge in [-0.2, -0.15) is 0 Å². The molecule has 0 heterocycles. The number of unbranched alkanes of at least 4 members (excludes halogenated alkanes) is 2. The molecule has 1 fully saturated rings. The van der Waals surface area contributed by atoms with Crippen LogP contribution >= 0.6 is 11.6 Å². The molecule has 0 spiro atoms. The first-order chi connectivity index (χ1) is 16.1. The van der Waals surface area contributed by atoms with Crippen LogP contribution in [0, 0.1) is 11.7 Å². The van der Waals surface area contributed by atoms with E-state index in [1.165, 1.54) is 62.5 Å². The zero-order valence-electron chi connectivity index (χ0n) is 19.8. The van der Waals surface area contributed by atoms with E-state index in [1.54, 1.807) is 6.07 Å². The minimum Gasteiger partial charge on any atom is -0.206 e. The van der Waals surface area contributed by atoms with E-state index in [1.807, 2.05) is 30.3 Å². The summed E-state index contributed by atoms with van der Waals surface area (Å²) in [6.07, 6.45) is 12.4. The monoisotopic (exact) mass is 462 g/mol. The molecule has 0 nitrogen and oxygen atoms in total. The van der Waals surface area contributed by atoms with E-state index in [4.69, 9.17) is 11.6 Å². The Morgan fingerprint density at radius 1 is 0.788 bits per heavy atom. The topological polar surface area (TPSA) is 0 Å². The van der Waals surface area contributed by atoms with Crippen molar-refractivity contribution in [1.82, 2.24) is 0 Å². The zero-order chi connectivity index (χ0) is 23.0. The molecular formula is C31H36ClF. The second-order valence-corrected chi connectivity index (χ2v) is 10.2. The van der Waals surface area contributed by atoms with Gasteiger partial charge in [0.2, 0.25) is 0 Å². The highest BCUT2D eigenvalue weighted by molar-refractivity contribution is 6.30. The van der Waals surface area contributed by atoms with Crippen LogP contribution in [-0.4, -0.2) is 0 Å². The minimum absolute atomic E-state index is 0.142. The summed E-state index contributed by atoms with van der Waals surface area (Å²) in [5.41, 5.74) is 5.62. The molecule has 4 rings (SSSR count). The van der Waals surface area contributed by atoms with Crippen LogP contribution in [0.15, 0.2) is 66.7 Å². The lowest BCUT2D eigenvalue weighted by Gasteiger charge is -2.29. The van der Waals surface area contributed by atoms with Gasteiger partial charge in [0.05, 0.1) is 0 Å². The molecule has 0 bridgehead atoms. The number of benzene rings is 3. The van der Waals surface area contributed by atoms with Crippen molar-refractivity contribution in [3.63, 3.8) is 0 Å². The van der Waals surface area contributed by atoms with Gasteiger partial charge in [0.25, 0.3) is 0 Å². The molecule has 0 aromatic heterocycles. The van der Waals surface area contributed by atoms with Gasteiger partial charge in [-0.15, -0.1) is 0 Å². The molecule has 0 amide bonds. The predicted molar refractivity (Wildman–Crippen MR) is 140 cm³/mol. The number of hydrogen-bond donors (Lipinski definition) is 0. The fourth-order valence-electron chi connectivity index (χ4n) is 5.27. The van der Waals surface area contributed by atoms with Crippen LogP contribution in [0.5, 0.6) is 0 Å². The molecule has 1 saturated carbocycles. The van der Waals surface area contributed by atoms with Crippen molar-refractivity contribution >= 4 is 11.6 Å². The quantitative estimate of drug-likeness (QED) is 0.277. The molecule has 0 saturated heterocycles. The Morgan fingerprint density at radius 2 is 1.48 bits per heavy atom. The summed E-state index contributed by atoms with van der Waals surface area (Å²) >= 11 is 5.96. The van der Waals surface area contributed by atoms with Crippen LogP contribution < -0.4 is 0 Å². The SMILES string of the molecule is CCCCCc1ccc(C2CCC(CCc3ccc(-c4ccc(Cl)cc4)c(F)c3)CC2)cc1. The molecule has 0 atom stereocenters. The maximum absolute atomic E-state index is 14.7. The Balaban J connectivity index is 1.25. The summed E-state index contributed by atoms with van der Waals surface area (Å²) in [6.45, 7) is 2.26. The molecule has 0 unspecified atom stereocenters. The van der Waals surface area contributed by atoms with Gasteiger partial charge in [-0.25, -0.2) is 4.39 Å². The number of halogens is 2. The van der Waals surface area contributed by atoms with Crippen molar-refractivity contribution in [2.24, 2.45) is 5.92 Å². The van der Waals surface area contributed by atoms with Crippen LogP contribution in [0.2, 0.25) is 5.02 Å². The molecule has 0 aliphatic heterocycles. The standard InChI is InChI=1S/C31H36ClF/c1-2-3-4-5-23-8-13-26(14-9-23)27-15-10-24(11-16-27)6-7-25-12-21-30(31(33)22-25)28-17-19-29(32)20-18-28/h8-9,12-14,17-22,24,27H,2-7,10-11,15-16H2,1H3. The van der Waals surface area contributed by atoms with E-state index in [0.29, 0.717) is 16.5 Å². The summed E-state index contributed by atoms with van der Waals surface area (Å²) in [7, 11) is 0. The Morgan fingerprint density at radius 3 is 2.15 bits per heavy atom. The Bertz CT molecular complexity index is 998. The second kappa shape index (κ2) is 11.8. The lowest BCUT2D eigenvalue weighted by Crippen LogP contribution is -2.14. The van der Waals surface area contributed by atoms with Gasteiger partial charge in [0.15, 0.2) is 0 Å². The van der Waals surface area contributed by atoms with Crippen molar-refractivity contribution in [3.8, 4) is 11.1 Å². The highest BCUT2D eigenvalue weighted by Gasteiger charge is 2.22. The van der Waals surface area contributed by atoms with Gasteiger partial charge in [-0.05, 0) is 104 Å². The van der Waals surface area contributed by atoms with E-state index in [-0.39, 0.29) is 5.82 Å². The van der Waals surface area contributed by atoms with Crippen LogP contribution in [0.25, 0.3) is 11.1 Å². The van der Waals surface area contributed by atoms with E-state index >= 15 is 0 Å². The molecule has 174 valence electrons. The third kappa shape index (κ3) is 6.70. The third-order valence-corrected chi connectivity index (χ3v) is 7.65. The van der Waals surface area contributed by atoms with Crippen LogP contribution in [0.1, 0.15) is 80.9 Å². The van der Waals surface area contributed by atoms with Gasteiger partial charge in [-0.1, -0.05) is 79.9 Å². The Labute approximate surface area is 204 Å². The van der Waals surface area contributed by atoms with E-state index in [0.717, 1.165) is 29.9 Å². The van der Waals surface area contributed by atoms with Crippen LogP contribution in [0.4, 0.5) is 4.39 Å². The lowest BCUT2D eigenvalue weighted by atomic mass is 9.76. The number of rotatable bonds is 9. The van der Waals surface area contributed by atoms with Crippen molar-refractivity contribution in [2.45, 2.75) is 77.0 Å². The molecule has 0 radical (unpaired) electrons. The molecule has 1 aliphatic rings. The number of hydrogen-bond acceptors (Lipinski definition) is 0. The largest absolute Gasteiger partial charge is 0.206 e. The predicted octanol–water partition coefficient (Wildman–Crippen LogP) is 9.79. The third-order valence-electron chi connectivity index (χ3n) is 7.40. The average molecular weight is 463 g/mol. The average Bonchev–Trinajstić information content (AvgIpc) is 2.84. The normalized spacial score (nSPS) is 18.4. The molecular weight excluding hydrogens is 427 g/mol. The first-order valence-electron chi connectivity index (χ1n) is 12.8. The van der Waals surface area contributed by atoms with Gasteiger partial charge in [0.1, 0.15) is 5.82 Å². The fraction of sp³-hybridized carbons (Fsp3) is 0.419. The zero-order valence-corrected chi connectivity index (χ0v) is 20.6. The summed E-state index contributed by atoms with van der Waals surface area (Å²) in [4.78, 5) is 0. The van der Waals surface area contributed by atoms with Crippen molar-refractivity contribution < 1.29 is 4.39 Å². The molecule has 3 aromatic rings. The van der Waals surface area contributed by atoms with Crippen molar-refractivity contribution in [1.29, 1.82) is 0 Å². The van der Waals surface area contributed by atoms with Gasteiger partial charge >= 0.3 is 0 Å². The smallest absolute Gasteiger partial charge is 0.131 e. The highest BCUT2D eigenvalue weighted by Crippen LogP contribution is 2.38. The molecule has 33 heavy (non-hydrogen) atoms. The van der Waals surface area contributed by atoms with E-state index in [9.17, 15) is 4.39 Å².